The van der Waals surface area contributed by atoms with Crippen LogP contribution in [0.3, 0.4) is 0 Å². The van der Waals surface area contributed by atoms with Gasteiger partial charge in [0.2, 0.25) is 0 Å². The first-order chi connectivity index (χ1) is 52.5. The van der Waals surface area contributed by atoms with Crippen molar-refractivity contribution in [2.45, 2.75) is 0 Å². The van der Waals surface area contributed by atoms with Crippen molar-refractivity contribution in [2.75, 3.05) is 0 Å². The maximum Gasteiger partial charge on any atom is 0.0708 e. The molecule has 0 radical (unpaired) electrons. The molecular formula is C88H62N18. The van der Waals surface area contributed by atoms with Gasteiger partial charge in [-0.3, -0.25) is 60.5 Å². The molecule has 0 spiro atoms. The van der Waals surface area contributed by atoms with Crippen LogP contribution in [0.4, 0.5) is 0 Å². The Morgan fingerprint density at radius 1 is 0.179 bits per heavy atom. The summed E-state index contributed by atoms with van der Waals surface area (Å²) in [5.74, 6) is 0. The van der Waals surface area contributed by atoms with E-state index in [4.69, 9.17) is 0 Å². The first-order valence-corrected chi connectivity index (χ1v) is 34.3. The molecule has 0 aliphatic carbocycles. The number of para-hydroxylation sites is 1. The van der Waals surface area contributed by atoms with Crippen molar-refractivity contribution in [3.05, 3.63) is 342 Å². The van der Waals surface area contributed by atoms with E-state index in [9.17, 15) is 0 Å². The normalized spacial score (nSPS) is 11.0. The van der Waals surface area contributed by atoms with Gasteiger partial charge in [-0.2, -0.15) is 30.6 Å². The highest BCUT2D eigenvalue weighted by Crippen LogP contribution is 2.35. The molecule has 504 valence electrons. The van der Waals surface area contributed by atoms with Crippen LogP contribution in [0.25, 0.3) is 176 Å². The molecule has 0 bridgehead atoms. The number of nitrogens with zero attached hydrogens (tertiary/aromatic N) is 12. The van der Waals surface area contributed by atoms with Gasteiger partial charge >= 0.3 is 0 Å². The third kappa shape index (κ3) is 13.8. The number of pyridine rings is 6. The zero-order valence-corrected chi connectivity index (χ0v) is 56.7. The van der Waals surface area contributed by atoms with E-state index < -0.39 is 0 Å². The molecule has 18 heteroatoms. The summed E-state index contributed by atoms with van der Waals surface area (Å²) < 4.78 is 0. The number of benzene rings is 10. The second kappa shape index (κ2) is 29.6. The molecule has 12 aromatic heterocycles. The number of aromatic nitrogens is 18. The molecule has 0 amide bonds. The second-order valence-electron chi connectivity index (χ2n) is 25.1. The fourth-order valence-electron chi connectivity index (χ4n) is 13.2. The van der Waals surface area contributed by atoms with E-state index in [1.807, 2.05) is 159 Å². The van der Waals surface area contributed by atoms with Crippen LogP contribution in [0.15, 0.2) is 342 Å². The molecular weight excluding hydrogens is 1310 g/mol. The lowest BCUT2D eigenvalue weighted by molar-refractivity contribution is 1.12. The van der Waals surface area contributed by atoms with Crippen LogP contribution >= 0.6 is 0 Å². The first kappa shape index (κ1) is 64.3. The molecule has 10 aromatic carbocycles. The lowest BCUT2D eigenvalue weighted by Crippen LogP contribution is -1.83. The van der Waals surface area contributed by atoms with Crippen LogP contribution in [0.1, 0.15) is 0 Å². The number of H-pyrrole nitrogens is 6. The van der Waals surface area contributed by atoms with Gasteiger partial charge in [-0.15, -0.1) is 0 Å². The van der Waals surface area contributed by atoms with Crippen LogP contribution < -0.4 is 0 Å². The van der Waals surface area contributed by atoms with E-state index >= 15 is 0 Å². The summed E-state index contributed by atoms with van der Waals surface area (Å²) in [6, 6.07) is 83.0. The van der Waals surface area contributed by atoms with E-state index in [-0.39, 0.29) is 0 Å². The molecule has 12 heterocycles. The van der Waals surface area contributed by atoms with Crippen molar-refractivity contribution in [1.29, 1.82) is 0 Å². The summed E-state index contributed by atoms with van der Waals surface area (Å²) in [4.78, 5) is 25.4. The zero-order chi connectivity index (χ0) is 70.8. The first-order valence-electron chi connectivity index (χ1n) is 34.3. The van der Waals surface area contributed by atoms with Gasteiger partial charge in [0.15, 0.2) is 0 Å². The molecule has 0 saturated carbocycles. The van der Waals surface area contributed by atoms with Crippen molar-refractivity contribution in [2.24, 2.45) is 0 Å². The van der Waals surface area contributed by atoms with Crippen molar-refractivity contribution in [3.8, 4) is 66.8 Å². The smallest absolute Gasteiger partial charge is 0.0708 e. The van der Waals surface area contributed by atoms with Gasteiger partial charge < -0.3 is 0 Å². The third-order valence-electron chi connectivity index (χ3n) is 18.5. The third-order valence-corrected chi connectivity index (χ3v) is 18.5. The summed E-state index contributed by atoms with van der Waals surface area (Å²) in [6.45, 7) is 0. The van der Waals surface area contributed by atoms with Gasteiger partial charge in [0, 0.05) is 127 Å². The molecule has 0 fully saturated rings. The predicted molar refractivity (Wildman–Crippen MR) is 426 cm³/mol. The van der Waals surface area contributed by atoms with Gasteiger partial charge in [0.05, 0.1) is 81.3 Å². The summed E-state index contributed by atoms with van der Waals surface area (Å²) in [5.41, 5.74) is 22.6. The Balaban J connectivity index is 0.0000000939. The van der Waals surface area contributed by atoms with Crippen molar-refractivity contribution in [1.82, 2.24) is 91.1 Å². The topological polar surface area (TPSA) is 249 Å². The number of aromatic amines is 6. The largest absolute Gasteiger partial charge is 0.278 e. The number of nitrogens with one attached hydrogen (secondary N) is 6. The quantitative estimate of drug-likeness (QED) is 0.0910. The lowest BCUT2D eigenvalue weighted by atomic mass is 9.99. The number of fused-ring (bicyclic) bond motifs is 10. The Morgan fingerprint density at radius 3 is 1.09 bits per heavy atom. The summed E-state index contributed by atoms with van der Waals surface area (Å²) in [7, 11) is 0. The molecule has 0 aliphatic rings. The maximum absolute atomic E-state index is 4.40. The highest BCUT2D eigenvalue weighted by molar-refractivity contribution is 6.01. The van der Waals surface area contributed by atoms with Crippen molar-refractivity contribution < 1.29 is 0 Å². The molecule has 0 aliphatic heterocycles. The van der Waals surface area contributed by atoms with Crippen LogP contribution in [0.2, 0.25) is 0 Å². The highest BCUT2D eigenvalue weighted by Gasteiger charge is 2.11. The Labute approximate surface area is 605 Å². The van der Waals surface area contributed by atoms with E-state index in [0.29, 0.717) is 0 Å². The second-order valence-corrected chi connectivity index (χ2v) is 25.1. The van der Waals surface area contributed by atoms with Gasteiger partial charge in [-0.05, 0) is 188 Å². The number of rotatable bonds is 6. The van der Waals surface area contributed by atoms with E-state index in [2.05, 4.69) is 255 Å². The average Bonchev–Trinajstić information content (AvgIpc) is 1.62. The summed E-state index contributed by atoms with van der Waals surface area (Å²) in [6.07, 6.45) is 29.5. The molecule has 22 rings (SSSR count). The van der Waals surface area contributed by atoms with Gasteiger partial charge in [-0.25, -0.2) is 0 Å². The summed E-state index contributed by atoms with van der Waals surface area (Å²) >= 11 is 0. The van der Waals surface area contributed by atoms with Crippen LogP contribution in [-0.2, 0) is 0 Å². The fourth-order valence-corrected chi connectivity index (χ4v) is 13.2. The van der Waals surface area contributed by atoms with Crippen LogP contribution in [-0.4, -0.2) is 91.1 Å². The Morgan fingerprint density at radius 2 is 0.557 bits per heavy atom. The standard InChI is InChI=1S/4C16H11N3.2C12H9N3/c1-3-13(14-4-2-8-17-16(14)5-1)11-6-7-15-12(9-11)10-18-19-15;1-2-12-9-17-7-6-15(12)14(3-1)11-4-5-16-13(8-11)10-18-19-16;1-2-4-14-12(3-1)8-17-10-15(14)11-5-6-16-13(7-11)9-18-19-16;1-2-4-16-14(3-1)13(7-8-17-16)11-5-6-15-12(9-11)10-18-19-15;1-2-12-11(8-14-15-12)7-10(1)9-3-5-13-6-4-9;1-2-10(7-13-5-1)9-3-4-12-11(6-9)8-14-15-12/h4*1-10H,(H,18,19);2*1-8H,(H,14,15). The predicted octanol–water partition coefficient (Wildman–Crippen LogP) is 20.4. The maximum atomic E-state index is 4.40. The van der Waals surface area contributed by atoms with Gasteiger partial charge in [0.1, 0.15) is 0 Å². The monoisotopic (exact) mass is 1370 g/mol. The molecule has 22 aromatic rings. The zero-order valence-electron chi connectivity index (χ0n) is 56.7. The van der Waals surface area contributed by atoms with Gasteiger partial charge in [0.25, 0.3) is 0 Å². The fraction of sp³-hybridized carbons (Fsp3) is 0. The SMILES string of the molecule is c1cc(-c2ccc3[nH]ncc3c2)c2cccnc2c1.c1cc(-c2ccc3[nH]ncc3c2)c2ccncc2c1.c1cc(-c2ccc3[nH]ncc3c2)ccn1.c1ccc2c(-c3ccc4[nH]ncc4c3)ccnc2c1.c1ccc2c(-c3ccc4[nH]ncc4c3)cncc2c1.c1cncc(-c2ccc3[nH]ncc3c2)c1. The molecule has 18 nitrogen and oxygen atoms in total. The minimum Gasteiger partial charge on any atom is -0.278 e. The van der Waals surface area contributed by atoms with Crippen molar-refractivity contribution >= 4 is 109 Å². The number of hydrogen-bond donors (Lipinski definition) is 6. The number of hydrogen-bond acceptors (Lipinski definition) is 12. The van der Waals surface area contributed by atoms with Crippen LogP contribution in [0, 0.1) is 0 Å². The van der Waals surface area contributed by atoms with Crippen molar-refractivity contribution in [3.63, 3.8) is 0 Å². The Hall–Kier alpha value is -15.0. The molecule has 0 saturated heterocycles. The van der Waals surface area contributed by atoms with Gasteiger partial charge in [-0.1, -0.05) is 121 Å². The van der Waals surface area contributed by atoms with E-state index in [1.165, 1.54) is 71.6 Å². The summed E-state index contributed by atoms with van der Waals surface area (Å²) in [5, 5.41) is 55.9. The Kier molecular flexibility index (Phi) is 18.0. The van der Waals surface area contributed by atoms with E-state index in [0.717, 1.165) is 104 Å². The highest BCUT2D eigenvalue weighted by atomic mass is 15.1. The van der Waals surface area contributed by atoms with E-state index in [1.54, 1.807) is 18.6 Å². The molecule has 106 heavy (non-hydrogen) atoms. The Bertz CT molecular complexity index is 6050. The molecule has 0 atom stereocenters. The minimum atomic E-state index is 1.02. The molecule has 6 N–H and O–H groups in total. The minimum absolute atomic E-state index is 1.02. The molecule has 0 unspecified atom stereocenters. The van der Waals surface area contributed by atoms with Crippen LogP contribution in [0.5, 0.6) is 0 Å². The lowest BCUT2D eigenvalue weighted by Gasteiger charge is -2.06. The average molecular weight is 1370 g/mol.